The fraction of sp³-hybridized carbons (Fsp3) is 0.853. The Morgan fingerprint density at radius 2 is 1.56 bits per heavy atom. The molecule has 13 nitrogen and oxygen atoms in total. The van der Waals surface area contributed by atoms with Gasteiger partial charge in [0.05, 0.1) is 17.3 Å². The minimum atomic E-state index is -3.62. The molecule has 1 heterocycles. The summed E-state index contributed by atoms with van der Waals surface area (Å²) in [7, 11) is -0.676. The zero-order chi connectivity index (χ0) is 35.4. The maximum absolute atomic E-state index is 14.4. The Balaban J connectivity index is 1.33. The van der Waals surface area contributed by atoms with Crippen LogP contribution in [0.5, 0.6) is 0 Å². The van der Waals surface area contributed by atoms with Crippen molar-refractivity contribution in [3.8, 4) is 0 Å². The number of Topliss-reactive ketones (excluding diaryl/α,β-unsaturated/α-hetero) is 1. The van der Waals surface area contributed by atoms with Crippen molar-refractivity contribution in [1.29, 1.82) is 0 Å². The SMILES string of the molecule is CN(C)S(=O)(=O)CC1(NC(=O)N[C@H](C(=O)N2C[C@H]3[C@@H]([C@H]2C(=O)N[C@@H](CC2CC2)C(=O)C(=O)NC2CC2)C3(C)C)C(C)(C)C)CCCCC1. The number of urea groups is 1. The van der Waals surface area contributed by atoms with Crippen molar-refractivity contribution >= 4 is 39.6 Å². The molecule has 0 unspecified atom stereocenters. The maximum atomic E-state index is 14.4. The van der Waals surface area contributed by atoms with Gasteiger partial charge in [0, 0.05) is 26.7 Å². The molecule has 5 rings (SSSR count). The summed E-state index contributed by atoms with van der Waals surface area (Å²) in [5.74, 6) is -2.21. The van der Waals surface area contributed by atoms with Crippen LogP contribution in [0, 0.1) is 28.6 Å². The van der Waals surface area contributed by atoms with Gasteiger partial charge in [0.2, 0.25) is 27.6 Å². The third-order valence-electron chi connectivity index (χ3n) is 11.4. The normalized spacial score (nSPS) is 27.3. The number of sulfonamides is 1. The Labute approximate surface area is 285 Å². The third kappa shape index (κ3) is 8.00. The summed E-state index contributed by atoms with van der Waals surface area (Å²) in [4.78, 5) is 69.7. The van der Waals surface area contributed by atoms with E-state index in [0.717, 1.165) is 49.3 Å². The van der Waals surface area contributed by atoms with Crippen LogP contribution in [-0.4, -0.2) is 103 Å². The number of carbonyl (C=O) groups is 5. The molecular weight excluding hydrogens is 636 g/mol. The van der Waals surface area contributed by atoms with E-state index in [2.05, 4.69) is 35.1 Å². The van der Waals surface area contributed by atoms with Gasteiger partial charge in [-0.1, -0.05) is 66.7 Å². The van der Waals surface area contributed by atoms with E-state index in [-0.39, 0.29) is 35.0 Å². The summed E-state index contributed by atoms with van der Waals surface area (Å²) in [5.41, 5.74) is -1.91. The van der Waals surface area contributed by atoms with Gasteiger partial charge >= 0.3 is 6.03 Å². The second-order valence-corrected chi connectivity index (χ2v) is 19.2. The van der Waals surface area contributed by atoms with Crippen LogP contribution in [0.25, 0.3) is 0 Å². The van der Waals surface area contributed by atoms with E-state index in [0.29, 0.717) is 25.8 Å². The van der Waals surface area contributed by atoms with Gasteiger partial charge in [-0.2, -0.15) is 0 Å². The van der Waals surface area contributed by atoms with Crippen LogP contribution in [0.1, 0.15) is 98.8 Å². The Morgan fingerprint density at radius 1 is 0.938 bits per heavy atom. The Hall–Kier alpha value is -2.74. The predicted molar refractivity (Wildman–Crippen MR) is 180 cm³/mol. The average molecular weight is 693 g/mol. The van der Waals surface area contributed by atoms with E-state index in [1.165, 1.54) is 14.1 Å². The van der Waals surface area contributed by atoms with Crippen LogP contribution in [-0.2, 0) is 29.2 Å². The highest BCUT2D eigenvalue weighted by atomic mass is 32.2. The van der Waals surface area contributed by atoms with Crippen LogP contribution >= 0.6 is 0 Å². The van der Waals surface area contributed by atoms with Gasteiger partial charge in [-0.3, -0.25) is 19.2 Å². The number of amides is 5. The standard InChI is InChI=1S/C34H56N6O7S/c1-32(2,3)27(37-31(45)38-34(15-9-8-10-16-34)19-48(46,47)39(6)7)30(44)40-18-22-24(33(22,4)5)25(40)28(42)36-23(17-20-11-12-20)26(41)29(43)35-21-13-14-21/h20-25,27H,8-19H2,1-7H3,(H,35,43)(H,36,42)(H2,37,38,45)/t22-,23-,24-,25-,27+/m0/s1. The lowest BCUT2D eigenvalue weighted by atomic mass is 9.83. The highest BCUT2D eigenvalue weighted by Gasteiger charge is 2.70. The van der Waals surface area contributed by atoms with Crippen molar-refractivity contribution in [2.75, 3.05) is 26.4 Å². The first-order chi connectivity index (χ1) is 22.3. The number of nitrogens with zero attached hydrogens (tertiary/aromatic N) is 2. The minimum absolute atomic E-state index is 0.0131. The van der Waals surface area contributed by atoms with Gasteiger partial charge in [-0.25, -0.2) is 17.5 Å². The highest BCUT2D eigenvalue weighted by molar-refractivity contribution is 7.89. The van der Waals surface area contributed by atoms with E-state index in [9.17, 15) is 32.4 Å². The number of likely N-dealkylation sites (tertiary alicyclic amines) is 1. The summed E-state index contributed by atoms with van der Waals surface area (Å²) in [6.45, 7) is 9.97. The molecule has 4 aliphatic carbocycles. The molecule has 5 amide bonds. The van der Waals surface area contributed by atoms with Crippen LogP contribution in [0.3, 0.4) is 0 Å². The number of piperidine rings is 1. The van der Waals surface area contributed by atoms with Crippen molar-refractivity contribution in [2.24, 2.45) is 28.6 Å². The van der Waals surface area contributed by atoms with Crippen molar-refractivity contribution in [3.05, 3.63) is 0 Å². The van der Waals surface area contributed by atoms with Crippen molar-refractivity contribution < 1.29 is 32.4 Å². The summed E-state index contributed by atoms with van der Waals surface area (Å²) in [5, 5.41) is 11.5. The molecule has 5 aliphatic rings. The van der Waals surface area contributed by atoms with Crippen LogP contribution < -0.4 is 21.3 Å². The number of rotatable bonds is 13. The molecule has 0 bridgehead atoms. The molecule has 14 heteroatoms. The molecule has 4 N–H and O–H groups in total. The molecule has 5 atom stereocenters. The molecule has 1 saturated heterocycles. The summed E-state index contributed by atoms with van der Waals surface area (Å²) < 4.78 is 27.0. The third-order valence-corrected chi connectivity index (χ3v) is 13.4. The smallest absolute Gasteiger partial charge is 0.315 e. The lowest BCUT2D eigenvalue weighted by molar-refractivity contribution is -0.145. The lowest BCUT2D eigenvalue weighted by Gasteiger charge is -2.41. The minimum Gasteiger partial charge on any atom is -0.347 e. The second-order valence-electron chi connectivity index (χ2n) is 17.0. The van der Waals surface area contributed by atoms with E-state index >= 15 is 0 Å². The molecule has 1 aliphatic heterocycles. The average Bonchev–Trinajstić information content (AvgIpc) is 3.94. The van der Waals surface area contributed by atoms with Gasteiger partial charge in [-0.15, -0.1) is 0 Å². The van der Waals surface area contributed by atoms with Gasteiger partial charge < -0.3 is 26.2 Å². The Morgan fingerprint density at radius 3 is 2.10 bits per heavy atom. The molecule has 0 aromatic carbocycles. The first-order valence-electron chi connectivity index (χ1n) is 17.7. The van der Waals surface area contributed by atoms with Crippen molar-refractivity contribution in [2.45, 2.75) is 129 Å². The number of hydrogen-bond acceptors (Lipinski definition) is 7. The second kappa shape index (κ2) is 13.2. The van der Waals surface area contributed by atoms with Crippen molar-refractivity contribution in [3.63, 3.8) is 0 Å². The van der Waals surface area contributed by atoms with Gasteiger partial charge in [0.15, 0.2) is 0 Å². The number of hydrogen-bond donors (Lipinski definition) is 4. The zero-order valence-corrected chi connectivity index (χ0v) is 30.5. The Bertz CT molecular complexity index is 1410. The van der Waals surface area contributed by atoms with E-state index < -0.39 is 68.6 Å². The lowest BCUT2D eigenvalue weighted by Crippen LogP contribution is -2.64. The van der Waals surface area contributed by atoms with Crippen LogP contribution in [0.15, 0.2) is 0 Å². The quantitative estimate of drug-likeness (QED) is 0.213. The van der Waals surface area contributed by atoms with E-state index in [1.54, 1.807) is 4.90 Å². The molecule has 0 spiro atoms. The van der Waals surface area contributed by atoms with Gasteiger partial charge in [0.1, 0.15) is 12.1 Å². The molecule has 0 radical (unpaired) electrons. The fourth-order valence-electron chi connectivity index (χ4n) is 7.87. The molecular formula is C34H56N6O7S. The summed E-state index contributed by atoms with van der Waals surface area (Å²) >= 11 is 0. The maximum Gasteiger partial charge on any atom is 0.315 e. The molecule has 4 saturated carbocycles. The van der Waals surface area contributed by atoms with Crippen LogP contribution in [0.2, 0.25) is 0 Å². The Kier molecular flexibility index (Phi) is 10.0. The molecule has 0 aromatic rings. The van der Waals surface area contributed by atoms with Gasteiger partial charge in [0.25, 0.3) is 5.91 Å². The molecule has 48 heavy (non-hydrogen) atoms. The fourth-order valence-corrected chi connectivity index (χ4v) is 9.18. The number of nitrogens with one attached hydrogen (secondary N) is 4. The van der Waals surface area contributed by atoms with E-state index in [4.69, 9.17) is 0 Å². The van der Waals surface area contributed by atoms with Gasteiger partial charge in [-0.05, 0) is 60.7 Å². The number of carbonyl (C=O) groups excluding carboxylic acids is 5. The van der Waals surface area contributed by atoms with E-state index in [1.807, 2.05) is 20.8 Å². The summed E-state index contributed by atoms with van der Waals surface area (Å²) in [6.07, 6.45) is 7.48. The first kappa shape index (κ1) is 36.5. The highest BCUT2D eigenvalue weighted by Crippen LogP contribution is 2.65. The largest absolute Gasteiger partial charge is 0.347 e. The van der Waals surface area contributed by atoms with Crippen molar-refractivity contribution in [1.82, 2.24) is 30.5 Å². The molecule has 5 fully saturated rings. The monoisotopic (exact) mass is 692 g/mol. The molecule has 270 valence electrons. The first-order valence-corrected chi connectivity index (χ1v) is 19.3. The number of ketones is 1. The molecule has 0 aromatic heterocycles. The topological polar surface area (TPSA) is 174 Å². The summed E-state index contributed by atoms with van der Waals surface area (Å²) in [6, 6.07) is -3.45. The predicted octanol–water partition coefficient (Wildman–Crippen LogP) is 1.91. The van der Waals surface area contributed by atoms with Crippen LogP contribution in [0.4, 0.5) is 4.79 Å². The number of fused-ring (bicyclic) bond motifs is 1. The zero-order valence-electron chi connectivity index (χ0n) is 29.7.